The maximum absolute atomic E-state index is 12.1. The molecular formula is C27H27N3O3S. The van der Waals surface area contributed by atoms with E-state index in [1.807, 2.05) is 57.2 Å². The second kappa shape index (κ2) is 7.81. The van der Waals surface area contributed by atoms with Crippen molar-refractivity contribution in [2.75, 3.05) is 7.11 Å². The van der Waals surface area contributed by atoms with E-state index in [1.165, 1.54) is 0 Å². The molecule has 174 valence electrons. The van der Waals surface area contributed by atoms with Gasteiger partial charge in [-0.1, -0.05) is 30.3 Å². The molecule has 2 aliphatic rings. The van der Waals surface area contributed by atoms with Gasteiger partial charge in [0.15, 0.2) is 9.84 Å². The van der Waals surface area contributed by atoms with E-state index in [-0.39, 0.29) is 11.5 Å². The molecule has 3 aromatic rings. The Labute approximate surface area is 200 Å². The van der Waals surface area contributed by atoms with Crippen LogP contribution in [0, 0.1) is 13.8 Å². The van der Waals surface area contributed by atoms with Crippen molar-refractivity contribution in [3.8, 4) is 16.9 Å². The lowest BCUT2D eigenvalue weighted by Crippen LogP contribution is -2.23. The van der Waals surface area contributed by atoms with E-state index in [0.717, 1.165) is 50.3 Å². The Morgan fingerprint density at radius 1 is 0.853 bits per heavy atom. The molecule has 0 saturated carbocycles. The predicted octanol–water partition coefficient (Wildman–Crippen LogP) is 4.44. The molecule has 0 saturated heterocycles. The minimum Gasteiger partial charge on any atom is -0.496 e. The molecule has 0 spiro atoms. The van der Waals surface area contributed by atoms with Crippen LogP contribution in [0.2, 0.25) is 0 Å². The first-order chi connectivity index (χ1) is 16.1. The summed E-state index contributed by atoms with van der Waals surface area (Å²) in [6, 6.07) is 18.1. The van der Waals surface area contributed by atoms with Gasteiger partial charge in [0.2, 0.25) is 5.66 Å². The molecule has 3 aromatic carbocycles. The summed E-state index contributed by atoms with van der Waals surface area (Å²) in [6.45, 7) is 5.89. The fourth-order valence-electron chi connectivity index (χ4n) is 5.00. The zero-order chi connectivity index (χ0) is 24.3. The monoisotopic (exact) mass is 473 g/mol. The lowest BCUT2D eigenvalue weighted by Gasteiger charge is -2.26. The Balaban J connectivity index is 1.66. The van der Waals surface area contributed by atoms with Crippen molar-refractivity contribution in [3.05, 3.63) is 88.0 Å². The number of hydrogen-bond acceptors (Lipinski definition) is 6. The van der Waals surface area contributed by atoms with E-state index in [9.17, 15) is 8.42 Å². The van der Waals surface area contributed by atoms with Crippen LogP contribution in [0.3, 0.4) is 0 Å². The van der Waals surface area contributed by atoms with Crippen LogP contribution in [0.1, 0.15) is 40.3 Å². The van der Waals surface area contributed by atoms with Gasteiger partial charge >= 0.3 is 0 Å². The molecule has 0 aliphatic carbocycles. The molecule has 6 nitrogen and oxygen atoms in total. The van der Waals surface area contributed by atoms with Crippen molar-refractivity contribution in [2.24, 2.45) is 15.7 Å². The highest BCUT2D eigenvalue weighted by atomic mass is 32.2. The van der Waals surface area contributed by atoms with E-state index in [2.05, 4.69) is 18.2 Å². The second-order valence-corrected chi connectivity index (χ2v) is 11.2. The summed E-state index contributed by atoms with van der Waals surface area (Å²) in [5.74, 6) is 1.47. The van der Waals surface area contributed by atoms with Gasteiger partial charge in [0.25, 0.3) is 0 Å². The van der Waals surface area contributed by atoms with Crippen LogP contribution >= 0.6 is 0 Å². The zero-order valence-corrected chi connectivity index (χ0v) is 20.5. The van der Waals surface area contributed by atoms with E-state index in [1.54, 1.807) is 7.11 Å². The van der Waals surface area contributed by atoms with Crippen molar-refractivity contribution in [3.63, 3.8) is 0 Å². The summed E-state index contributed by atoms with van der Waals surface area (Å²) in [7, 11) is -1.39. The number of benzene rings is 3. The number of aliphatic imine (C=N–C) groups is 2. The first-order valence-electron chi connectivity index (χ1n) is 11.1. The van der Waals surface area contributed by atoms with E-state index in [0.29, 0.717) is 11.5 Å². The van der Waals surface area contributed by atoms with Gasteiger partial charge in [0.05, 0.1) is 24.3 Å². The highest BCUT2D eigenvalue weighted by Crippen LogP contribution is 2.42. The van der Waals surface area contributed by atoms with Gasteiger partial charge in [0.1, 0.15) is 11.6 Å². The number of nitrogens with two attached hydrogens (primary N) is 1. The molecule has 1 atom stereocenters. The van der Waals surface area contributed by atoms with Crippen molar-refractivity contribution in [1.29, 1.82) is 0 Å². The number of hydrogen-bond donors (Lipinski definition) is 1. The molecule has 0 fully saturated rings. The summed E-state index contributed by atoms with van der Waals surface area (Å²) in [6.07, 6.45) is 0. The van der Waals surface area contributed by atoms with Gasteiger partial charge in [-0.05, 0) is 78.4 Å². The fraction of sp³-hybridized carbons (Fsp3) is 0.259. The molecule has 2 aliphatic heterocycles. The van der Waals surface area contributed by atoms with E-state index in [4.69, 9.17) is 20.5 Å². The van der Waals surface area contributed by atoms with Crippen LogP contribution in [-0.4, -0.2) is 27.1 Å². The zero-order valence-electron chi connectivity index (χ0n) is 19.7. The molecule has 0 amide bonds. The van der Waals surface area contributed by atoms with Crippen LogP contribution in [0.25, 0.3) is 11.1 Å². The van der Waals surface area contributed by atoms with Crippen molar-refractivity contribution >= 4 is 21.4 Å². The molecule has 34 heavy (non-hydrogen) atoms. The quantitative estimate of drug-likeness (QED) is 0.606. The van der Waals surface area contributed by atoms with Gasteiger partial charge in [-0.2, -0.15) is 0 Å². The van der Waals surface area contributed by atoms with Crippen LogP contribution in [0.5, 0.6) is 5.75 Å². The molecule has 0 radical (unpaired) electrons. The third kappa shape index (κ3) is 3.60. The average molecular weight is 474 g/mol. The van der Waals surface area contributed by atoms with Gasteiger partial charge in [-0.15, -0.1) is 0 Å². The standard InChI is InChI=1S/C27H27N3O3S/c1-16-10-24(11-17(2)25(16)33-4)27(29-18(3)26(28)30-27)23-7-5-6-19(13-23)20-8-9-21-14-34(31,32)15-22(21)12-20/h5-13H,14-15H2,1-4H3,(H2,28,30). The number of methoxy groups -OCH3 is 1. The Bertz CT molecular complexity index is 1460. The molecule has 2 N–H and O–H groups in total. The maximum Gasteiger partial charge on any atom is 0.204 e. The van der Waals surface area contributed by atoms with Gasteiger partial charge in [-0.3, -0.25) is 0 Å². The lowest BCUT2D eigenvalue weighted by molar-refractivity contribution is 0.408. The minimum atomic E-state index is -3.06. The molecule has 1 unspecified atom stereocenters. The molecule has 0 bridgehead atoms. The minimum absolute atomic E-state index is 0.0918. The van der Waals surface area contributed by atoms with Crippen molar-refractivity contribution in [2.45, 2.75) is 37.9 Å². The Morgan fingerprint density at radius 3 is 2.18 bits per heavy atom. The second-order valence-electron chi connectivity index (χ2n) is 9.11. The number of rotatable bonds is 4. The van der Waals surface area contributed by atoms with Gasteiger partial charge < -0.3 is 10.5 Å². The number of nitrogens with zero attached hydrogens (tertiary/aromatic N) is 2. The lowest BCUT2D eigenvalue weighted by atomic mass is 9.88. The first-order valence-corrected chi connectivity index (χ1v) is 12.9. The summed E-state index contributed by atoms with van der Waals surface area (Å²) in [5, 5.41) is 0. The van der Waals surface area contributed by atoms with Crippen LogP contribution in [0.4, 0.5) is 0 Å². The molecule has 7 heteroatoms. The van der Waals surface area contributed by atoms with Crippen LogP contribution in [-0.2, 0) is 27.0 Å². The maximum atomic E-state index is 12.1. The third-order valence-corrected chi connectivity index (χ3v) is 8.11. The van der Waals surface area contributed by atoms with Crippen molar-refractivity contribution < 1.29 is 13.2 Å². The smallest absolute Gasteiger partial charge is 0.204 e. The van der Waals surface area contributed by atoms with Crippen molar-refractivity contribution in [1.82, 2.24) is 0 Å². The van der Waals surface area contributed by atoms with Crippen LogP contribution in [0.15, 0.2) is 64.6 Å². The number of ether oxygens (including phenoxy) is 1. The molecule has 2 heterocycles. The molecule has 0 aromatic heterocycles. The first kappa shape index (κ1) is 22.3. The third-order valence-electron chi connectivity index (χ3n) is 6.60. The number of aryl methyl sites for hydroxylation is 2. The van der Waals surface area contributed by atoms with Crippen LogP contribution < -0.4 is 10.5 Å². The number of fused-ring (bicyclic) bond motifs is 1. The van der Waals surface area contributed by atoms with E-state index < -0.39 is 15.5 Å². The SMILES string of the molecule is COc1c(C)cc(C2(c3cccc(-c4ccc5c(c4)CS(=O)(=O)C5)c3)N=C(C)C(N)=N2)cc1C. The highest BCUT2D eigenvalue weighted by molar-refractivity contribution is 7.90. The fourth-order valence-corrected chi connectivity index (χ4v) is 6.60. The van der Waals surface area contributed by atoms with Gasteiger partial charge in [-0.25, -0.2) is 18.4 Å². The summed E-state index contributed by atoms with van der Waals surface area (Å²) in [5.41, 5.74) is 13.4. The highest BCUT2D eigenvalue weighted by Gasteiger charge is 2.39. The number of amidine groups is 1. The number of sulfone groups is 1. The van der Waals surface area contributed by atoms with Gasteiger partial charge in [0, 0.05) is 11.1 Å². The Kier molecular flexibility index (Phi) is 5.13. The summed E-state index contributed by atoms with van der Waals surface area (Å²) >= 11 is 0. The molecule has 5 rings (SSSR count). The largest absolute Gasteiger partial charge is 0.496 e. The topological polar surface area (TPSA) is 94.1 Å². The summed E-state index contributed by atoms with van der Waals surface area (Å²) in [4.78, 5) is 9.82. The Hall–Kier alpha value is -3.45. The van der Waals surface area contributed by atoms with E-state index >= 15 is 0 Å². The predicted molar refractivity (Wildman–Crippen MR) is 136 cm³/mol. The average Bonchev–Trinajstić information content (AvgIpc) is 3.27. The molecular weight excluding hydrogens is 446 g/mol. The Morgan fingerprint density at radius 2 is 1.53 bits per heavy atom. The normalized spacial score (nSPS) is 20.6. The summed E-state index contributed by atoms with van der Waals surface area (Å²) < 4.78 is 29.7.